The summed E-state index contributed by atoms with van der Waals surface area (Å²) in [6.07, 6.45) is 1.46. The molecule has 1 aromatic heterocycles. The van der Waals surface area contributed by atoms with Gasteiger partial charge in [0.25, 0.3) is 5.91 Å². The van der Waals surface area contributed by atoms with Gasteiger partial charge in [0.15, 0.2) is 0 Å². The van der Waals surface area contributed by atoms with E-state index in [0.29, 0.717) is 11.4 Å². The summed E-state index contributed by atoms with van der Waals surface area (Å²) in [5.74, 6) is -0.244. The van der Waals surface area contributed by atoms with E-state index in [9.17, 15) is 4.79 Å². The Balaban J connectivity index is 2.14. The Labute approximate surface area is 112 Å². The minimum absolute atomic E-state index is 0.244. The molecule has 17 heavy (non-hydrogen) atoms. The van der Waals surface area contributed by atoms with Gasteiger partial charge in [-0.15, -0.1) is 0 Å². The molecular weight excluding hydrogens is 329 g/mol. The largest absolute Gasteiger partial charge is 0.397 e. The number of nitrogens with one attached hydrogen (secondary N) is 1. The van der Waals surface area contributed by atoms with Crippen LogP contribution >= 0.6 is 22.6 Å². The molecule has 1 amide bonds. The summed E-state index contributed by atoms with van der Waals surface area (Å²) in [5, 5.41) is 2.77. The molecule has 2 aromatic rings. The van der Waals surface area contributed by atoms with Gasteiger partial charge in [0.1, 0.15) is 5.69 Å². The summed E-state index contributed by atoms with van der Waals surface area (Å²) in [7, 11) is 0. The smallest absolute Gasteiger partial charge is 0.274 e. The van der Waals surface area contributed by atoms with Gasteiger partial charge < -0.3 is 11.1 Å². The second-order valence-electron chi connectivity index (χ2n) is 3.44. The highest BCUT2D eigenvalue weighted by atomic mass is 127. The first kappa shape index (κ1) is 11.8. The van der Waals surface area contributed by atoms with Crippen LogP contribution in [0.15, 0.2) is 42.6 Å². The van der Waals surface area contributed by atoms with Gasteiger partial charge >= 0.3 is 0 Å². The minimum Gasteiger partial charge on any atom is -0.397 e. The Morgan fingerprint density at radius 3 is 2.76 bits per heavy atom. The van der Waals surface area contributed by atoms with Crippen molar-refractivity contribution < 1.29 is 4.79 Å². The van der Waals surface area contributed by atoms with Crippen molar-refractivity contribution in [3.8, 4) is 0 Å². The first-order valence-electron chi connectivity index (χ1n) is 4.93. The van der Waals surface area contributed by atoms with Gasteiger partial charge in [-0.25, -0.2) is 4.98 Å². The Morgan fingerprint density at radius 1 is 1.29 bits per heavy atom. The van der Waals surface area contributed by atoms with Crippen molar-refractivity contribution in [2.75, 3.05) is 11.1 Å². The lowest BCUT2D eigenvalue weighted by molar-refractivity contribution is 0.102. The molecule has 0 atom stereocenters. The molecule has 0 aliphatic heterocycles. The van der Waals surface area contributed by atoms with Crippen LogP contribution in [0.1, 0.15) is 10.5 Å². The Kier molecular flexibility index (Phi) is 3.58. The van der Waals surface area contributed by atoms with Crippen molar-refractivity contribution in [3.63, 3.8) is 0 Å². The van der Waals surface area contributed by atoms with Crippen molar-refractivity contribution in [2.45, 2.75) is 0 Å². The number of carbonyl (C=O) groups is 1. The number of carbonyl (C=O) groups excluding carboxylic acids is 1. The maximum atomic E-state index is 11.8. The van der Waals surface area contributed by atoms with Crippen LogP contribution in [0.5, 0.6) is 0 Å². The highest BCUT2D eigenvalue weighted by molar-refractivity contribution is 14.1. The molecule has 86 valence electrons. The fourth-order valence-corrected chi connectivity index (χ4v) is 1.84. The van der Waals surface area contributed by atoms with E-state index in [2.05, 4.69) is 32.9 Å². The number of hydrogen-bond acceptors (Lipinski definition) is 3. The average molecular weight is 339 g/mol. The summed E-state index contributed by atoms with van der Waals surface area (Å²) in [5.41, 5.74) is 7.14. The van der Waals surface area contributed by atoms with Gasteiger partial charge in [0.05, 0.1) is 11.9 Å². The van der Waals surface area contributed by atoms with E-state index in [1.165, 1.54) is 6.20 Å². The summed E-state index contributed by atoms with van der Waals surface area (Å²) in [6.45, 7) is 0. The van der Waals surface area contributed by atoms with Crippen molar-refractivity contribution in [1.29, 1.82) is 0 Å². The number of rotatable bonds is 2. The average Bonchev–Trinajstić information content (AvgIpc) is 2.29. The van der Waals surface area contributed by atoms with Gasteiger partial charge in [-0.2, -0.15) is 0 Å². The van der Waals surface area contributed by atoms with Gasteiger partial charge in [-0.3, -0.25) is 4.79 Å². The highest BCUT2D eigenvalue weighted by Crippen LogP contribution is 2.13. The van der Waals surface area contributed by atoms with E-state index >= 15 is 0 Å². The van der Waals surface area contributed by atoms with E-state index in [1.807, 2.05) is 24.3 Å². The monoisotopic (exact) mass is 339 g/mol. The normalized spacial score (nSPS) is 9.94. The third-order valence-electron chi connectivity index (χ3n) is 2.10. The molecule has 0 spiro atoms. The molecule has 0 unspecified atom stereocenters. The number of nitrogen functional groups attached to an aromatic ring is 1. The van der Waals surface area contributed by atoms with Crippen LogP contribution in [0, 0.1) is 3.57 Å². The van der Waals surface area contributed by atoms with Crippen LogP contribution in [0.2, 0.25) is 0 Å². The van der Waals surface area contributed by atoms with E-state index in [0.717, 1.165) is 9.26 Å². The van der Waals surface area contributed by atoms with E-state index in [4.69, 9.17) is 5.73 Å². The van der Waals surface area contributed by atoms with Gasteiger partial charge in [-0.1, -0.05) is 6.07 Å². The maximum absolute atomic E-state index is 11.8. The zero-order valence-electron chi connectivity index (χ0n) is 8.85. The summed E-state index contributed by atoms with van der Waals surface area (Å²) >= 11 is 2.19. The van der Waals surface area contributed by atoms with Crippen molar-refractivity contribution in [3.05, 3.63) is 51.9 Å². The summed E-state index contributed by atoms with van der Waals surface area (Å²) < 4.78 is 1.06. The molecule has 0 aliphatic rings. The van der Waals surface area contributed by atoms with Gasteiger partial charge in [0.2, 0.25) is 0 Å². The Hall–Kier alpha value is -1.63. The number of hydrogen-bond donors (Lipinski definition) is 2. The number of halogens is 1. The topological polar surface area (TPSA) is 68.0 Å². The molecule has 0 saturated heterocycles. The second kappa shape index (κ2) is 5.13. The lowest BCUT2D eigenvalue weighted by atomic mass is 10.3. The molecule has 1 aromatic carbocycles. The zero-order valence-corrected chi connectivity index (χ0v) is 11.0. The molecule has 0 radical (unpaired) electrons. The predicted molar refractivity (Wildman–Crippen MR) is 75.8 cm³/mol. The van der Waals surface area contributed by atoms with Gasteiger partial charge in [-0.05, 0) is 52.9 Å². The van der Waals surface area contributed by atoms with Crippen LogP contribution in [0.3, 0.4) is 0 Å². The molecule has 3 N–H and O–H groups in total. The Morgan fingerprint density at radius 2 is 2.12 bits per heavy atom. The van der Waals surface area contributed by atoms with Crippen molar-refractivity contribution in [2.24, 2.45) is 0 Å². The lowest BCUT2D eigenvalue weighted by Crippen LogP contribution is -2.13. The van der Waals surface area contributed by atoms with Crippen LogP contribution in [0.25, 0.3) is 0 Å². The number of benzene rings is 1. The maximum Gasteiger partial charge on any atom is 0.274 e. The second-order valence-corrected chi connectivity index (χ2v) is 4.69. The molecule has 5 heteroatoms. The molecule has 0 aliphatic carbocycles. The number of aromatic nitrogens is 1. The first-order chi connectivity index (χ1) is 8.15. The van der Waals surface area contributed by atoms with Gasteiger partial charge in [0, 0.05) is 9.26 Å². The number of anilines is 2. The van der Waals surface area contributed by atoms with Crippen LogP contribution in [-0.2, 0) is 0 Å². The highest BCUT2D eigenvalue weighted by Gasteiger charge is 2.07. The number of nitrogens with two attached hydrogens (primary N) is 1. The van der Waals surface area contributed by atoms with Crippen LogP contribution in [0.4, 0.5) is 11.4 Å². The summed E-state index contributed by atoms with van der Waals surface area (Å²) in [4.78, 5) is 15.8. The number of nitrogens with zero attached hydrogens (tertiary/aromatic N) is 1. The SMILES string of the molecule is Nc1ccc(C(=O)Nc2cccc(I)c2)nc1. The van der Waals surface area contributed by atoms with Crippen molar-refractivity contribution in [1.82, 2.24) is 4.98 Å². The standard InChI is InChI=1S/C12H10IN3O/c13-8-2-1-3-10(6-8)16-12(17)11-5-4-9(14)7-15-11/h1-7H,14H2,(H,16,17). The summed E-state index contributed by atoms with van der Waals surface area (Å²) in [6, 6.07) is 10.8. The van der Waals surface area contributed by atoms with E-state index in [-0.39, 0.29) is 5.91 Å². The van der Waals surface area contributed by atoms with E-state index in [1.54, 1.807) is 12.1 Å². The third-order valence-corrected chi connectivity index (χ3v) is 2.77. The fourth-order valence-electron chi connectivity index (χ4n) is 1.30. The van der Waals surface area contributed by atoms with Crippen LogP contribution < -0.4 is 11.1 Å². The Bertz CT molecular complexity index is 540. The fraction of sp³-hybridized carbons (Fsp3) is 0. The van der Waals surface area contributed by atoms with E-state index < -0.39 is 0 Å². The number of amides is 1. The quantitative estimate of drug-likeness (QED) is 0.827. The molecular formula is C12H10IN3O. The predicted octanol–water partition coefficient (Wildman–Crippen LogP) is 2.52. The molecule has 2 rings (SSSR count). The van der Waals surface area contributed by atoms with Crippen molar-refractivity contribution >= 4 is 39.9 Å². The van der Waals surface area contributed by atoms with Crippen LogP contribution in [-0.4, -0.2) is 10.9 Å². The first-order valence-corrected chi connectivity index (χ1v) is 6.01. The third kappa shape index (κ3) is 3.16. The zero-order chi connectivity index (χ0) is 12.3. The number of pyridine rings is 1. The molecule has 0 bridgehead atoms. The lowest BCUT2D eigenvalue weighted by Gasteiger charge is -2.05. The molecule has 0 fully saturated rings. The molecule has 0 saturated carbocycles. The minimum atomic E-state index is -0.244. The molecule has 4 nitrogen and oxygen atoms in total. The molecule has 1 heterocycles.